The van der Waals surface area contributed by atoms with Crippen LogP contribution in [-0.2, 0) is 11.3 Å². The number of amides is 2. The Labute approximate surface area is 128 Å². The van der Waals surface area contributed by atoms with Crippen molar-refractivity contribution in [3.63, 3.8) is 0 Å². The van der Waals surface area contributed by atoms with E-state index in [1.54, 1.807) is 18.7 Å². The minimum Gasteiger partial charge on any atom is -0.435 e. The van der Waals surface area contributed by atoms with E-state index in [1.165, 1.54) is 0 Å². The number of imide groups is 1. The molecule has 0 aromatic heterocycles. The third-order valence-electron chi connectivity index (χ3n) is 4.05. The molecule has 2 amide bonds. The molecule has 21 heavy (non-hydrogen) atoms. The van der Waals surface area contributed by atoms with Crippen LogP contribution in [0.4, 0.5) is 9.59 Å². The Morgan fingerprint density at radius 3 is 2.57 bits per heavy atom. The summed E-state index contributed by atoms with van der Waals surface area (Å²) in [5.41, 5.74) is 0.850. The fraction of sp³-hybridized carbons (Fsp3) is 0.467. The number of likely N-dealkylation sites (tertiary alicyclic amines) is 1. The monoisotopic (exact) mass is 310 g/mol. The van der Waals surface area contributed by atoms with Crippen molar-refractivity contribution in [2.24, 2.45) is 0 Å². The van der Waals surface area contributed by atoms with Gasteiger partial charge in [0, 0.05) is 6.42 Å². The smallest absolute Gasteiger partial charge is 0.435 e. The van der Waals surface area contributed by atoms with Crippen molar-refractivity contribution in [2.45, 2.75) is 31.2 Å². The maximum absolute atomic E-state index is 12.4. The Hall–Kier alpha value is -1.53. The first kappa shape index (κ1) is 15.9. The normalized spacial score (nSPS) is 28.3. The molecule has 3 atom stereocenters. The average Bonchev–Trinajstić information content (AvgIpc) is 2.84. The number of carbonyl (C=O) groups excluding carboxylic acids is 1. The van der Waals surface area contributed by atoms with E-state index < -0.39 is 16.7 Å². The van der Waals surface area contributed by atoms with Crippen LogP contribution in [0.15, 0.2) is 30.3 Å². The minimum absolute atomic E-state index is 0.101. The molecule has 0 saturated carbocycles. The molecule has 0 bridgehead atoms. The lowest BCUT2D eigenvalue weighted by molar-refractivity contribution is -0.795. The molecular formula is C15H20NO4S+. The highest BCUT2D eigenvalue weighted by molar-refractivity contribution is 7.99. The zero-order chi connectivity index (χ0) is 15.5. The van der Waals surface area contributed by atoms with Gasteiger partial charge in [-0.3, -0.25) is 0 Å². The molecule has 5 nitrogen and oxygen atoms in total. The first-order chi connectivity index (χ1) is 10.0. The van der Waals surface area contributed by atoms with Crippen LogP contribution >= 0.6 is 11.8 Å². The SMILES string of the molecule is CSC1C[C@@H](C)[N+](C(=O)O)(C(=O)OCc2ccccc2)C1. The van der Waals surface area contributed by atoms with E-state index in [1.807, 2.05) is 36.6 Å². The maximum atomic E-state index is 12.4. The number of quaternary nitrogens is 1. The molecule has 1 N–H and O–H groups in total. The molecule has 6 heteroatoms. The number of nitrogens with zero attached hydrogens (tertiary/aromatic N) is 1. The number of thioether (sulfide) groups is 1. The molecule has 1 saturated heterocycles. The van der Waals surface area contributed by atoms with Gasteiger partial charge in [-0.1, -0.05) is 30.3 Å². The van der Waals surface area contributed by atoms with Crippen molar-refractivity contribution in [2.75, 3.05) is 12.8 Å². The van der Waals surface area contributed by atoms with E-state index in [9.17, 15) is 14.7 Å². The Kier molecular flexibility index (Phi) is 4.90. The summed E-state index contributed by atoms with van der Waals surface area (Å²) in [5.74, 6) is 0. The second kappa shape index (κ2) is 6.49. The van der Waals surface area contributed by atoms with Gasteiger partial charge >= 0.3 is 12.2 Å². The van der Waals surface area contributed by atoms with Gasteiger partial charge in [0.05, 0.1) is 5.25 Å². The van der Waals surface area contributed by atoms with Crippen molar-refractivity contribution in [1.29, 1.82) is 0 Å². The number of carboxylic acid groups (broad SMARTS) is 1. The molecule has 0 spiro atoms. The van der Waals surface area contributed by atoms with Crippen LogP contribution < -0.4 is 0 Å². The van der Waals surface area contributed by atoms with Crippen LogP contribution in [0.1, 0.15) is 18.9 Å². The van der Waals surface area contributed by atoms with Gasteiger partial charge in [-0.05, 0) is 18.7 Å². The molecule has 0 aliphatic carbocycles. The van der Waals surface area contributed by atoms with Crippen molar-refractivity contribution < 1.29 is 23.9 Å². The fourth-order valence-corrected chi connectivity index (χ4v) is 3.60. The van der Waals surface area contributed by atoms with E-state index in [4.69, 9.17) is 4.74 Å². The highest BCUT2D eigenvalue weighted by Crippen LogP contribution is 2.34. The van der Waals surface area contributed by atoms with Crippen LogP contribution in [0, 0.1) is 0 Å². The molecule has 114 valence electrons. The predicted molar refractivity (Wildman–Crippen MR) is 81.2 cm³/mol. The van der Waals surface area contributed by atoms with Crippen molar-refractivity contribution in [3.8, 4) is 0 Å². The Balaban J connectivity index is 2.12. The molecule has 2 rings (SSSR count). The number of ether oxygens (including phenoxy) is 1. The summed E-state index contributed by atoms with van der Waals surface area (Å²) in [6.07, 6.45) is 0.843. The third-order valence-corrected chi connectivity index (χ3v) is 5.06. The van der Waals surface area contributed by atoms with E-state index in [2.05, 4.69) is 0 Å². The molecule has 1 aromatic carbocycles. The molecule has 1 aliphatic rings. The van der Waals surface area contributed by atoms with Gasteiger partial charge in [-0.2, -0.15) is 21.4 Å². The highest BCUT2D eigenvalue weighted by atomic mass is 32.2. The highest BCUT2D eigenvalue weighted by Gasteiger charge is 2.58. The molecule has 1 aliphatic heterocycles. The molecule has 1 heterocycles. The molecule has 1 aromatic rings. The van der Waals surface area contributed by atoms with Gasteiger partial charge in [0.1, 0.15) is 19.2 Å². The molecule has 2 unspecified atom stereocenters. The first-order valence-corrected chi connectivity index (χ1v) is 8.14. The Morgan fingerprint density at radius 2 is 2.05 bits per heavy atom. The summed E-state index contributed by atoms with van der Waals surface area (Å²) in [6, 6.07) is 9.00. The van der Waals surface area contributed by atoms with Gasteiger partial charge in [0.25, 0.3) is 0 Å². The van der Waals surface area contributed by atoms with Gasteiger partial charge in [-0.15, -0.1) is 4.48 Å². The molecule has 1 fully saturated rings. The Morgan fingerprint density at radius 1 is 1.38 bits per heavy atom. The third kappa shape index (κ3) is 3.06. The topological polar surface area (TPSA) is 63.6 Å². The Bertz CT molecular complexity index is 522. The molecule has 0 radical (unpaired) electrons. The first-order valence-electron chi connectivity index (χ1n) is 6.86. The summed E-state index contributed by atoms with van der Waals surface area (Å²) in [5, 5.41) is 9.74. The zero-order valence-corrected chi connectivity index (χ0v) is 13.0. The van der Waals surface area contributed by atoms with Gasteiger partial charge < -0.3 is 9.84 Å². The number of rotatable bonds is 3. The minimum atomic E-state index is -1.13. The maximum Gasteiger partial charge on any atom is 0.527 e. The zero-order valence-electron chi connectivity index (χ0n) is 12.2. The van der Waals surface area contributed by atoms with Crippen LogP contribution in [0.5, 0.6) is 0 Å². The summed E-state index contributed by atoms with van der Waals surface area (Å²) >= 11 is 1.60. The van der Waals surface area contributed by atoms with E-state index in [0.717, 1.165) is 5.56 Å². The summed E-state index contributed by atoms with van der Waals surface area (Å²) in [4.78, 5) is 24.1. The largest absolute Gasteiger partial charge is 0.527 e. The summed E-state index contributed by atoms with van der Waals surface area (Å²) in [6.45, 7) is 2.18. The summed E-state index contributed by atoms with van der Waals surface area (Å²) < 4.78 is 4.66. The van der Waals surface area contributed by atoms with Crippen molar-refractivity contribution in [1.82, 2.24) is 0 Å². The van der Waals surface area contributed by atoms with E-state index in [-0.39, 0.29) is 24.4 Å². The van der Waals surface area contributed by atoms with Crippen molar-refractivity contribution in [3.05, 3.63) is 35.9 Å². The number of hydrogen-bond acceptors (Lipinski definition) is 4. The van der Waals surface area contributed by atoms with Crippen LogP contribution in [0.2, 0.25) is 0 Å². The standard InChI is InChI=1S/C15H19NO4S/c1-11-8-13(21-2)9-16(11,14(17)18)15(19)20-10-12-6-4-3-5-7-12/h3-7,11,13H,8-10H2,1-2H3/p+1/t11-,13?,16?/m1/s1. The number of hydrogen-bond donors (Lipinski definition) is 1. The number of benzene rings is 1. The van der Waals surface area contributed by atoms with Crippen LogP contribution in [-0.4, -0.2) is 45.9 Å². The lowest BCUT2D eigenvalue weighted by atomic mass is 10.2. The van der Waals surface area contributed by atoms with E-state index >= 15 is 0 Å². The second-order valence-corrected chi connectivity index (χ2v) is 6.45. The van der Waals surface area contributed by atoms with E-state index in [0.29, 0.717) is 6.42 Å². The quantitative estimate of drug-likeness (QED) is 0.868. The molecular weight excluding hydrogens is 290 g/mol. The summed E-state index contributed by atoms with van der Waals surface area (Å²) in [7, 11) is 0. The predicted octanol–water partition coefficient (Wildman–Crippen LogP) is 3.34. The van der Waals surface area contributed by atoms with Crippen molar-refractivity contribution >= 4 is 23.9 Å². The van der Waals surface area contributed by atoms with Gasteiger partial charge in [0.15, 0.2) is 0 Å². The lowest BCUT2D eigenvalue weighted by Gasteiger charge is -2.28. The van der Waals surface area contributed by atoms with Crippen LogP contribution in [0.3, 0.4) is 0 Å². The number of carbonyl (C=O) groups is 2. The second-order valence-electron chi connectivity index (χ2n) is 5.32. The van der Waals surface area contributed by atoms with Crippen LogP contribution in [0.25, 0.3) is 0 Å². The fourth-order valence-electron chi connectivity index (χ4n) is 2.74. The average molecular weight is 310 g/mol. The lowest BCUT2D eigenvalue weighted by Crippen LogP contribution is -2.59. The van der Waals surface area contributed by atoms with Gasteiger partial charge in [0.2, 0.25) is 0 Å². The van der Waals surface area contributed by atoms with Gasteiger partial charge in [-0.25, -0.2) is 0 Å².